The second-order valence-corrected chi connectivity index (χ2v) is 10.0. The van der Waals surface area contributed by atoms with Gasteiger partial charge in [-0.3, -0.25) is 0 Å². The van der Waals surface area contributed by atoms with Crippen LogP contribution < -0.4 is 19.5 Å². The molecule has 1 aliphatic heterocycles. The Hall–Kier alpha value is -3.88. The Morgan fingerprint density at radius 3 is 2.70 bits per heavy atom. The van der Waals surface area contributed by atoms with Crippen molar-refractivity contribution in [3.63, 3.8) is 0 Å². The summed E-state index contributed by atoms with van der Waals surface area (Å²) in [4.78, 5) is 20.2. The van der Waals surface area contributed by atoms with Crippen molar-refractivity contribution in [2.75, 3.05) is 19.0 Å². The number of alkyl halides is 3. The zero-order chi connectivity index (χ0) is 27.0. The van der Waals surface area contributed by atoms with Gasteiger partial charge in [0.25, 0.3) is 10.0 Å². The highest BCUT2D eigenvalue weighted by molar-refractivity contribution is 7.90. The monoisotopic (exact) mass is 540 g/mol. The molecule has 4 rings (SSSR count). The smallest absolute Gasteiger partial charge is 0.433 e. The summed E-state index contributed by atoms with van der Waals surface area (Å²) in [7, 11) is -3.09. The number of carbonyl (C=O) groups excluding carboxylic acids is 1. The Labute approximate surface area is 210 Å². The normalized spacial score (nSPS) is 13.6. The second kappa shape index (κ2) is 9.88. The van der Waals surface area contributed by atoms with E-state index >= 15 is 0 Å². The number of fused-ring (bicyclic) bond motifs is 1. The minimum absolute atomic E-state index is 0.00446. The van der Waals surface area contributed by atoms with Crippen LogP contribution in [0.3, 0.4) is 0 Å². The van der Waals surface area contributed by atoms with E-state index in [9.17, 15) is 26.4 Å². The van der Waals surface area contributed by atoms with Crippen molar-refractivity contribution in [1.29, 1.82) is 0 Å². The van der Waals surface area contributed by atoms with E-state index in [2.05, 4.69) is 20.4 Å². The summed E-state index contributed by atoms with van der Waals surface area (Å²) < 4.78 is 80.6. The van der Waals surface area contributed by atoms with Crippen LogP contribution in [0, 0.1) is 0 Å². The zero-order valence-corrected chi connectivity index (χ0v) is 20.8. The molecule has 0 aliphatic carbocycles. The number of aromatic nitrogens is 4. The number of amides is 2. The molecule has 0 spiro atoms. The Morgan fingerprint density at radius 1 is 1.27 bits per heavy atom. The molecule has 0 bridgehead atoms. The maximum atomic E-state index is 13.7. The third-order valence-corrected chi connectivity index (χ3v) is 6.72. The highest BCUT2D eigenvalue weighted by atomic mass is 32.2. The average Bonchev–Trinajstić information content (AvgIpc) is 3.28. The number of hydrogen-bond donors (Lipinski definition) is 2. The van der Waals surface area contributed by atoms with Crippen molar-refractivity contribution >= 4 is 21.7 Å². The molecule has 37 heavy (non-hydrogen) atoms. The molecule has 15 heteroatoms. The van der Waals surface area contributed by atoms with Gasteiger partial charge >= 0.3 is 12.2 Å². The topological polar surface area (TPSA) is 137 Å². The van der Waals surface area contributed by atoms with Crippen LogP contribution in [0.4, 0.5) is 23.7 Å². The summed E-state index contributed by atoms with van der Waals surface area (Å²) in [6.07, 6.45) is -1.75. The molecule has 2 N–H and O–H groups in total. The molecule has 11 nitrogen and oxygen atoms in total. The van der Waals surface area contributed by atoms with Crippen LogP contribution >= 0.6 is 0 Å². The number of nitrogens with one attached hydrogen (secondary N) is 2. The van der Waals surface area contributed by atoms with Gasteiger partial charge in [-0.15, -0.1) is 0 Å². The van der Waals surface area contributed by atoms with Crippen molar-refractivity contribution in [3.05, 3.63) is 42.0 Å². The lowest BCUT2D eigenvalue weighted by Crippen LogP contribution is -2.35. The molecule has 0 atom stereocenters. The first-order chi connectivity index (χ1) is 17.4. The Bertz CT molecular complexity index is 1440. The van der Waals surface area contributed by atoms with Gasteiger partial charge in [-0.1, -0.05) is 13.8 Å². The number of hydrogen-bond acceptors (Lipinski definition) is 8. The predicted octanol–water partition coefficient (Wildman–Crippen LogP) is 3.78. The Morgan fingerprint density at radius 2 is 2.03 bits per heavy atom. The fraction of sp³-hybridized carbons (Fsp3) is 0.364. The fourth-order valence-electron chi connectivity index (χ4n) is 3.72. The number of halogens is 3. The van der Waals surface area contributed by atoms with Crippen LogP contribution in [0.15, 0.2) is 35.5 Å². The molecule has 0 fully saturated rings. The zero-order valence-electron chi connectivity index (χ0n) is 20.0. The van der Waals surface area contributed by atoms with Gasteiger partial charge in [0.1, 0.15) is 5.69 Å². The van der Waals surface area contributed by atoms with Gasteiger partial charge in [0, 0.05) is 30.8 Å². The van der Waals surface area contributed by atoms with E-state index in [0.29, 0.717) is 13.0 Å². The van der Waals surface area contributed by atoms with Crippen LogP contribution in [0.5, 0.6) is 11.8 Å². The molecule has 2 amide bonds. The number of ether oxygens (including phenoxy) is 2. The first-order valence-corrected chi connectivity index (χ1v) is 12.5. The lowest BCUT2D eigenvalue weighted by Gasteiger charge is -2.20. The molecule has 198 valence electrons. The standard InChI is InChI=1S/C22H23F3N6O5S/c1-12(2)18-19(14(10-16(28-18)22(23,24)25)13-5-6-26-17(9-13)35-3)29-21(32)30-37(33,34)15-11-27-31-7-4-8-36-20(15)31/h5-6,9-12H,4,7-8H2,1-3H3,(H2,29,30,32). The Balaban J connectivity index is 1.75. The number of aryl methyl sites for hydroxylation is 1. The van der Waals surface area contributed by atoms with Gasteiger partial charge < -0.3 is 14.8 Å². The minimum Gasteiger partial charge on any atom is -0.481 e. The van der Waals surface area contributed by atoms with Crippen molar-refractivity contribution in [2.24, 2.45) is 0 Å². The largest absolute Gasteiger partial charge is 0.481 e. The molecule has 0 aromatic carbocycles. The van der Waals surface area contributed by atoms with Crippen molar-refractivity contribution < 1.29 is 35.9 Å². The number of rotatable bonds is 6. The summed E-state index contributed by atoms with van der Waals surface area (Å²) in [6.45, 7) is 3.92. The van der Waals surface area contributed by atoms with Crippen LogP contribution in [0.25, 0.3) is 11.1 Å². The van der Waals surface area contributed by atoms with Gasteiger partial charge in [-0.05, 0) is 23.6 Å². The maximum absolute atomic E-state index is 13.7. The molecule has 4 heterocycles. The fourth-order valence-corrected chi connectivity index (χ4v) is 4.71. The van der Waals surface area contributed by atoms with E-state index < -0.39 is 33.8 Å². The van der Waals surface area contributed by atoms with Crippen LogP contribution in [-0.4, -0.2) is 47.9 Å². The predicted molar refractivity (Wildman–Crippen MR) is 125 cm³/mol. The van der Waals surface area contributed by atoms with Crippen molar-refractivity contribution in [1.82, 2.24) is 24.5 Å². The molecule has 0 unspecified atom stereocenters. The highest BCUT2D eigenvalue weighted by Crippen LogP contribution is 2.39. The SMILES string of the molecule is COc1cc(-c2cc(C(F)(F)F)nc(C(C)C)c2NC(=O)NS(=O)(=O)c2cnn3c2OCCC3)ccn1. The van der Waals surface area contributed by atoms with Gasteiger partial charge in [0.05, 0.1) is 31.3 Å². The van der Waals surface area contributed by atoms with Crippen LogP contribution in [0.2, 0.25) is 0 Å². The molecule has 0 radical (unpaired) electrons. The lowest BCUT2D eigenvalue weighted by atomic mass is 9.98. The molecule has 1 aliphatic rings. The highest BCUT2D eigenvalue weighted by Gasteiger charge is 2.35. The number of pyridine rings is 2. The van der Waals surface area contributed by atoms with Gasteiger partial charge in [0.15, 0.2) is 4.90 Å². The van der Waals surface area contributed by atoms with Crippen molar-refractivity contribution in [3.8, 4) is 22.9 Å². The number of carbonyl (C=O) groups is 1. The summed E-state index contributed by atoms with van der Waals surface area (Å²) in [5.41, 5.74) is -1.19. The summed E-state index contributed by atoms with van der Waals surface area (Å²) in [5, 5.41) is 6.35. The third-order valence-electron chi connectivity index (χ3n) is 5.41. The number of sulfonamides is 1. The van der Waals surface area contributed by atoms with E-state index in [0.717, 1.165) is 12.3 Å². The number of nitrogens with zero attached hydrogens (tertiary/aromatic N) is 4. The molecule has 3 aromatic heterocycles. The minimum atomic E-state index is -4.78. The second-order valence-electron chi connectivity index (χ2n) is 8.35. The number of methoxy groups -OCH3 is 1. The van der Waals surface area contributed by atoms with E-state index in [-0.39, 0.29) is 45.8 Å². The molecule has 3 aromatic rings. The van der Waals surface area contributed by atoms with Gasteiger partial charge in [-0.25, -0.2) is 32.6 Å². The molecular formula is C22H23F3N6O5S. The van der Waals surface area contributed by atoms with E-state index in [1.165, 1.54) is 30.1 Å². The van der Waals surface area contributed by atoms with Gasteiger partial charge in [-0.2, -0.15) is 18.3 Å². The van der Waals surface area contributed by atoms with E-state index in [4.69, 9.17) is 9.47 Å². The first-order valence-electron chi connectivity index (χ1n) is 11.1. The molecule has 0 saturated heterocycles. The summed E-state index contributed by atoms with van der Waals surface area (Å²) in [5.74, 6) is -0.458. The number of urea groups is 1. The average molecular weight is 541 g/mol. The summed E-state index contributed by atoms with van der Waals surface area (Å²) >= 11 is 0. The third kappa shape index (κ3) is 5.45. The van der Waals surface area contributed by atoms with E-state index in [1.807, 2.05) is 4.72 Å². The summed E-state index contributed by atoms with van der Waals surface area (Å²) in [6, 6.07) is 2.38. The number of anilines is 1. The molecular weight excluding hydrogens is 517 g/mol. The molecule has 0 saturated carbocycles. The first kappa shape index (κ1) is 26.2. The maximum Gasteiger partial charge on any atom is 0.433 e. The van der Waals surface area contributed by atoms with Crippen LogP contribution in [0.1, 0.15) is 37.6 Å². The quantitative estimate of drug-likeness (QED) is 0.482. The van der Waals surface area contributed by atoms with E-state index in [1.54, 1.807) is 13.8 Å². The van der Waals surface area contributed by atoms with Crippen LogP contribution in [-0.2, 0) is 22.7 Å². The van der Waals surface area contributed by atoms with Gasteiger partial charge in [0.2, 0.25) is 11.8 Å². The Kier molecular flexibility index (Phi) is 6.99. The van der Waals surface area contributed by atoms with Crippen molar-refractivity contribution in [2.45, 2.75) is 43.8 Å². The lowest BCUT2D eigenvalue weighted by molar-refractivity contribution is -0.141.